The highest BCUT2D eigenvalue weighted by atomic mass is 16.1. The number of amides is 1. The minimum Gasteiger partial charge on any atom is -0.352 e. The summed E-state index contributed by atoms with van der Waals surface area (Å²) in [5, 5.41) is 3.00. The number of hydrogen-bond acceptors (Lipinski definition) is 2. The normalized spacial score (nSPS) is 12.4. The molecule has 118 valence electrons. The van der Waals surface area contributed by atoms with Gasteiger partial charge in [-0.25, -0.2) is 0 Å². The molecule has 3 heteroatoms. The second kappa shape index (κ2) is 9.56. The van der Waals surface area contributed by atoms with E-state index >= 15 is 0 Å². The van der Waals surface area contributed by atoms with Crippen molar-refractivity contribution in [1.29, 1.82) is 0 Å². The molecule has 0 aliphatic carbocycles. The smallest absolute Gasteiger partial charge is 0.220 e. The van der Waals surface area contributed by atoms with Gasteiger partial charge in [-0.3, -0.25) is 4.79 Å². The lowest BCUT2D eigenvalue weighted by atomic mass is 9.88. The van der Waals surface area contributed by atoms with Gasteiger partial charge in [0.2, 0.25) is 5.91 Å². The zero-order chi connectivity index (χ0) is 15.7. The van der Waals surface area contributed by atoms with E-state index in [0.29, 0.717) is 31.3 Å². The molecule has 21 heavy (non-hydrogen) atoms. The van der Waals surface area contributed by atoms with Crippen molar-refractivity contribution in [2.75, 3.05) is 6.54 Å². The van der Waals surface area contributed by atoms with Gasteiger partial charge in [-0.15, -0.1) is 0 Å². The number of nitrogens with two attached hydrogens (primary N) is 1. The Labute approximate surface area is 129 Å². The first-order chi connectivity index (χ1) is 10.1. The Hall–Kier alpha value is -1.35. The molecule has 1 unspecified atom stereocenters. The molecule has 0 saturated carbocycles. The molecule has 0 heterocycles. The summed E-state index contributed by atoms with van der Waals surface area (Å²) in [6.07, 6.45) is 3.57. The molecule has 0 aliphatic rings. The molecular formula is C18H30N2O. The standard InChI is InChI=1S/C18H30N2O/c1-4-15-5-7-16(8-6-15)13-20-18(21)10-9-17(11-12-19)14(2)3/h5-8,14,17H,4,9-13,19H2,1-3H3,(H,20,21). The van der Waals surface area contributed by atoms with E-state index in [1.54, 1.807) is 0 Å². The van der Waals surface area contributed by atoms with Gasteiger partial charge in [0.1, 0.15) is 0 Å². The maximum atomic E-state index is 11.9. The van der Waals surface area contributed by atoms with Crippen LogP contribution < -0.4 is 11.1 Å². The fourth-order valence-electron chi connectivity index (χ4n) is 2.52. The third-order valence-corrected chi connectivity index (χ3v) is 4.14. The van der Waals surface area contributed by atoms with E-state index in [2.05, 4.69) is 50.4 Å². The van der Waals surface area contributed by atoms with Gasteiger partial charge >= 0.3 is 0 Å². The van der Waals surface area contributed by atoms with E-state index in [0.717, 1.165) is 24.8 Å². The van der Waals surface area contributed by atoms with Crippen LogP contribution in [0, 0.1) is 11.8 Å². The molecule has 3 nitrogen and oxygen atoms in total. The van der Waals surface area contributed by atoms with Crippen molar-refractivity contribution in [3.05, 3.63) is 35.4 Å². The third kappa shape index (κ3) is 6.76. The molecule has 1 atom stereocenters. The van der Waals surface area contributed by atoms with Crippen molar-refractivity contribution in [3.8, 4) is 0 Å². The summed E-state index contributed by atoms with van der Waals surface area (Å²) in [7, 11) is 0. The van der Waals surface area contributed by atoms with Crippen LogP contribution in [0.3, 0.4) is 0 Å². The second-order valence-corrected chi connectivity index (χ2v) is 6.07. The second-order valence-electron chi connectivity index (χ2n) is 6.07. The Balaban J connectivity index is 2.32. The Morgan fingerprint density at radius 3 is 2.29 bits per heavy atom. The fourth-order valence-corrected chi connectivity index (χ4v) is 2.52. The van der Waals surface area contributed by atoms with Crippen LogP contribution in [-0.4, -0.2) is 12.5 Å². The van der Waals surface area contributed by atoms with Gasteiger partial charge in [0.15, 0.2) is 0 Å². The van der Waals surface area contributed by atoms with Crippen LogP contribution in [0.25, 0.3) is 0 Å². The van der Waals surface area contributed by atoms with Crippen LogP contribution in [-0.2, 0) is 17.8 Å². The third-order valence-electron chi connectivity index (χ3n) is 4.14. The topological polar surface area (TPSA) is 55.1 Å². The van der Waals surface area contributed by atoms with E-state index in [-0.39, 0.29) is 5.91 Å². The lowest BCUT2D eigenvalue weighted by Gasteiger charge is -2.19. The number of aryl methyl sites for hydroxylation is 1. The zero-order valence-electron chi connectivity index (χ0n) is 13.7. The first kappa shape index (κ1) is 17.7. The molecule has 1 rings (SSSR count). The van der Waals surface area contributed by atoms with Gasteiger partial charge in [0.05, 0.1) is 0 Å². The van der Waals surface area contributed by atoms with Crippen LogP contribution in [0.15, 0.2) is 24.3 Å². The highest BCUT2D eigenvalue weighted by Gasteiger charge is 2.14. The van der Waals surface area contributed by atoms with Crippen LogP contribution in [0.4, 0.5) is 0 Å². The lowest BCUT2D eigenvalue weighted by molar-refractivity contribution is -0.121. The molecule has 1 aromatic carbocycles. The monoisotopic (exact) mass is 290 g/mol. The maximum absolute atomic E-state index is 11.9. The van der Waals surface area contributed by atoms with Gasteiger partial charge < -0.3 is 11.1 Å². The predicted octanol–water partition coefficient (Wildman–Crippen LogP) is 3.27. The number of carbonyl (C=O) groups is 1. The summed E-state index contributed by atoms with van der Waals surface area (Å²) < 4.78 is 0. The molecule has 0 radical (unpaired) electrons. The van der Waals surface area contributed by atoms with Gasteiger partial charge in [0.25, 0.3) is 0 Å². The summed E-state index contributed by atoms with van der Waals surface area (Å²) in [4.78, 5) is 11.9. The maximum Gasteiger partial charge on any atom is 0.220 e. The average Bonchev–Trinajstić information content (AvgIpc) is 2.49. The summed E-state index contributed by atoms with van der Waals surface area (Å²) in [6, 6.07) is 8.42. The molecule has 0 bridgehead atoms. The Kier molecular flexibility index (Phi) is 8.06. The van der Waals surface area contributed by atoms with Gasteiger partial charge in [0, 0.05) is 13.0 Å². The number of benzene rings is 1. The van der Waals surface area contributed by atoms with Crippen molar-refractivity contribution in [2.45, 2.75) is 53.0 Å². The average molecular weight is 290 g/mol. The summed E-state index contributed by atoms with van der Waals surface area (Å²) in [5.74, 6) is 1.27. The highest BCUT2D eigenvalue weighted by Crippen LogP contribution is 2.20. The number of rotatable bonds is 9. The zero-order valence-corrected chi connectivity index (χ0v) is 13.7. The number of carbonyl (C=O) groups excluding carboxylic acids is 1. The van der Waals surface area contributed by atoms with Gasteiger partial charge in [-0.2, -0.15) is 0 Å². The molecule has 0 aliphatic heterocycles. The Morgan fingerprint density at radius 2 is 1.76 bits per heavy atom. The molecule has 0 aromatic heterocycles. The fraction of sp³-hybridized carbons (Fsp3) is 0.611. The highest BCUT2D eigenvalue weighted by molar-refractivity contribution is 5.75. The van der Waals surface area contributed by atoms with Crippen LogP contribution in [0.5, 0.6) is 0 Å². The van der Waals surface area contributed by atoms with Crippen LogP contribution in [0.2, 0.25) is 0 Å². The van der Waals surface area contributed by atoms with Crippen molar-refractivity contribution in [3.63, 3.8) is 0 Å². The quantitative estimate of drug-likeness (QED) is 0.733. The first-order valence-electron chi connectivity index (χ1n) is 8.11. The Morgan fingerprint density at radius 1 is 1.14 bits per heavy atom. The summed E-state index contributed by atoms with van der Waals surface area (Å²) in [5.41, 5.74) is 8.11. The number of hydrogen-bond donors (Lipinski definition) is 2. The van der Waals surface area contributed by atoms with E-state index in [1.807, 2.05) is 0 Å². The largest absolute Gasteiger partial charge is 0.352 e. The molecule has 0 fully saturated rings. The van der Waals surface area contributed by atoms with E-state index in [1.165, 1.54) is 5.56 Å². The van der Waals surface area contributed by atoms with E-state index in [9.17, 15) is 4.79 Å². The van der Waals surface area contributed by atoms with Crippen LogP contribution >= 0.6 is 0 Å². The molecular weight excluding hydrogens is 260 g/mol. The predicted molar refractivity (Wildman–Crippen MR) is 88.9 cm³/mol. The van der Waals surface area contributed by atoms with Crippen molar-refractivity contribution in [1.82, 2.24) is 5.32 Å². The molecule has 1 amide bonds. The minimum absolute atomic E-state index is 0.136. The molecule has 1 aromatic rings. The van der Waals surface area contributed by atoms with Gasteiger partial charge in [-0.1, -0.05) is 45.0 Å². The van der Waals surface area contributed by atoms with Gasteiger partial charge in [-0.05, 0) is 48.8 Å². The number of nitrogens with one attached hydrogen (secondary N) is 1. The van der Waals surface area contributed by atoms with E-state index < -0.39 is 0 Å². The van der Waals surface area contributed by atoms with Crippen molar-refractivity contribution in [2.24, 2.45) is 17.6 Å². The van der Waals surface area contributed by atoms with Crippen LogP contribution in [0.1, 0.15) is 51.2 Å². The minimum atomic E-state index is 0.136. The SMILES string of the molecule is CCc1ccc(CNC(=O)CCC(CCN)C(C)C)cc1. The first-order valence-corrected chi connectivity index (χ1v) is 8.11. The van der Waals surface area contributed by atoms with Crippen molar-refractivity contribution >= 4 is 5.91 Å². The molecule has 3 N–H and O–H groups in total. The molecule has 0 spiro atoms. The van der Waals surface area contributed by atoms with E-state index in [4.69, 9.17) is 5.73 Å². The molecule has 0 saturated heterocycles. The van der Waals surface area contributed by atoms with Crippen molar-refractivity contribution < 1.29 is 4.79 Å². The Bertz CT molecular complexity index is 412. The lowest BCUT2D eigenvalue weighted by Crippen LogP contribution is -2.24. The summed E-state index contributed by atoms with van der Waals surface area (Å²) in [6.45, 7) is 7.87. The summed E-state index contributed by atoms with van der Waals surface area (Å²) >= 11 is 0.